The number of nitrogens with zero attached hydrogens (tertiary/aromatic N) is 3. The van der Waals surface area contributed by atoms with Gasteiger partial charge in [0.05, 0.1) is 13.7 Å². The van der Waals surface area contributed by atoms with Gasteiger partial charge in [0.15, 0.2) is 16.5 Å². The molecule has 0 radical (unpaired) electrons. The highest BCUT2D eigenvalue weighted by Crippen LogP contribution is 2.31. The lowest BCUT2D eigenvalue weighted by Crippen LogP contribution is -2.31. The average molecular weight is 412 g/mol. The highest BCUT2D eigenvalue weighted by atomic mass is 32.1. The minimum absolute atomic E-state index is 0.00880. The average Bonchev–Trinajstić information content (AvgIpc) is 3.34. The van der Waals surface area contributed by atoms with Gasteiger partial charge < -0.3 is 19.6 Å². The number of methoxy groups -OCH3 is 1. The lowest BCUT2D eigenvalue weighted by atomic mass is 10.2. The molecule has 2 N–H and O–H groups in total. The molecule has 0 saturated heterocycles. The molecule has 1 aromatic carbocycles. The minimum Gasteiger partial charge on any atom is -0.504 e. The molecule has 3 aromatic heterocycles. The Hall–Kier alpha value is -3.66. The van der Waals surface area contributed by atoms with Crippen molar-refractivity contribution in [3.8, 4) is 23.0 Å². The Labute approximate surface area is 168 Å². The molecule has 3 heterocycles. The van der Waals surface area contributed by atoms with Crippen molar-refractivity contribution in [1.29, 1.82) is 0 Å². The zero-order valence-electron chi connectivity index (χ0n) is 15.5. The van der Waals surface area contributed by atoms with Crippen LogP contribution in [0.5, 0.6) is 11.5 Å². The van der Waals surface area contributed by atoms with Gasteiger partial charge in [-0.2, -0.15) is 0 Å². The summed E-state index contributed by atoms with van der Waals surface area (Å²) in [6.07, 6.45) is 2.85. The normalized spacial score (nSPS) is 11.0. The summed E-state index contributed by atoms with van der Waals surface area (Å²) in [4.78, 5) is 33.9. The molecule has 0 bridgehead atoms. The van der Waals surface area contributed by atoms with Crippen LogP contribution in [-0.2, 0) is 6.54 Å². The molecule has 0 unspecified atom stereocenters. The minimum atomic E-state index is -0.543. The van der Waals surface area contributed by atoms with Crippen LogP contribution < -0.4 is 15.6 Å². The number of thiazole rings is 1. The largest absolute Gasteiger partial charge is 0.504 e. The second-order valence-corrected chi connectivity index (χ2v) is 7.00. The molecule has 0 atom stereocenters. The van der Waals surface area contributed by atoms with Gasteiger partial charge in [-0.05, 0) is 25.1 Å². The van der Waals surface area contributed by atoms with Crippen LogP contribution in [0.2, 0.25) is 0 Å². The summed E-state index contributed by atoms with van der Waals surface area (Å²) in [7, 11) is 1.45. The van der Waals surface area contributed by atoms with Gasteiger partial charge in [0, 0.05) is 23.3 Å². The monoisotopic (exact) mass is 412 g/mol. The van der Waals surface area contributed by atoms with E-state index >= 15 is 0 Å². The Kier molecular flexibility index (Phi) is 4.77. The predicted octanol–water partition coefficient (Wildman–Crippen LogP) is 2.36. The fourth-order valence-corrected chi connectivity index (χ4v) is 3.44. The van der Waals surface area contributed by atoms with Gasteiger partial charge in [-0.25, -0.2) is 9.97 Å². The van der Waals surface area contributed by atoms with E-state index in [0.29, 0.717) is 33.6 Å². The number of hydrogen-bond acceptors (Lipinski definition) is 8. The SMILES string of the molecule is COc1cc(-c2nc(CNC(=O)c3cnc4sccn4c3=O)c(C)o2)ccc1O. The number of aromatic hydroxyl groups is 1. The first-order valence-electron chi connectivity index (χ1n) is 8.54. The number of fused-ring (bicyclic) bond motifs is 1. The zero-order chi connectivity index (χ0) is 20.5. The summed E-state index contributed by atoms with van der Waals surface area (Å²) in [5.41, 5.74) is 0.656. The first-order valence-corrected chi connectivity index (χ1v) is 9.42. The Morgan fingerprint density at radius 2 is 2.24 bits per heavy atom. The lowest BCUT2D eigenvalue weighted by molar-refractivity contribution is 0.0948. The number of rotatable bonds is 5. The molecule has 148 valence electrons. The van der Waals surface area contributed by atoms with E-state index in [9.17, 15) is 14.7 Å². The number of carbonyl (C=O) groups excluding carboxylic acids is 1. The quantitative estimate of drug-likeness (QED) is 0.516. The number of amides is 1. The van der Waals surface area contributed by atoms with Crippen LogP contribution in [0.4, 0.5) is 0 Å². The molecule has 0 spiro atoms. The third-order valence-corrected chi connectivity index (χ3v) is 5.09. The second-order valence-electron chi connectivity index (χ2n) is 6.12. The van der Waals surface area contributed by atoms with Crippen LogP contribution in [-0.4, -0.2) is 32.5 Å². The molecule has 29 heavy (non-hydrogen) atoms. The third-order valence-electron chi connectivity index (χ3n) is 4.32. The van der Waals surface area contributed by atoms with Gasteiger partial charge >= 0.3 is 0 Å². The molecule has 0 saturated carbocycles. The molecule has 10 heteroatoms. The van der Waals surface area contributed by atoms with E-state index in [1.165, 1.54) is 35.1 Å². The molecular weight excluding hydrogens is 396 g/mol. The maximum absolute atomic E-state index is 12.4. The van der Waals surface area contributed by atoms with E-state index in [-0.39, 0.29) is 17.9 Å². The highest BCUT2D eigenvalue weighted by molar-refractivity contribution is 7.15. The number of benzene rings is 1. The molecule has 0 aliphatic rings. The molecule has 4 aromatic rings. The molecule has 9 nitrogen and oxygen atoms in total. The van der Waals surface area contributed by atoms with Crippen LogP contribution in [0.3, 0.4) is 0 Å². The van der Waals surface area contributed by atoms with E-state index in [1.54, 1.807) is 30.6 Å². The van der Waals surface area contributed by atoms with Crippen LogP contribution in [0.25, 0.3) is 16.4 Å². The number of nitrogens with one attached hydrogen (secondary N) is 1. The topological polar surface area (TPSA) is 119 Å². The molecule has 1 amide bonds. The maximum atomic E-state index is 12.4. The molecule has 0 aliphatic heterocycles. The molecular formula is C19H16N4O5S. The fraction of sp³-hybridized carbons (Fsp3) is 0.158. The van der Waals surface area contributed by atoms with Crippen molar-refractivity contribution in [1.82, 2.24) is 19.7 Å². The molecule has 0 aliphatic carbocycles. The van der Waals surface area contributed by atoms with Gasteiger partial charge in [0.1, 0.15) is 17.0 Å². The first kappa shape index (κ1) is 18.7. The number of aromatic nitrogens is 3. The van der Waals surface area contributed by atoms with E-state index in [0.717, 1.165) is 0 Å². The number of aryl methyl sites for hydroxylation is 1. The van der Waals surface area contributed by atoms with Gasteiger partial charge in [-0.1, -0.05) is 0 Å². The number of oxazole rings is 1. The smallest absolute Gasteiger partial charge is 0.271 e. The highest BCUT2D eigenvalue weighted by Gasteiger charge is 2.17. The van der Waals surface area contributed by atoms with Gasteiger partial charge in [0.25, 0.3) is 11.5 Å². The van der Waals surface area contributed by atoms with E-state index in [1.807, 2.05) is 0 Å². The zero-order valence-corrected chi connectivity index (χ0v) is 16.3. The lowest BCUT2D eigenvalue weighted by Gasteiger charge is -2.04. The number of hydrogen-bond donors (Lipinski definition) is 2. The standard InChI is InChI=1S/C19H16N4O5S/c1-10-13(22-17(28-10)11-3-4-14(24)15(7-11)27-2)9-20-16(25)12-8-21-19-23(18(12)26)5-6-29-19/h3-8,24H,9H2,1-2H3,(H,20,25). The van der Waals surface area contributed by atoms with Gasteiger partial charge in [0.2, 0.25) is 5.89 Å². The Morgan fingerprint density at radius 1 is 1.41 bits per heavy atom. The van der Waals surface area contributed by atoms with E-state index < -0.39 is 11.5 Å². The molecule has 0 fully saturated rings. The summed E-state index contributed by atoms with van der Waals surface area (Å²) >= 11 is 1.31. The van der Waals surface area contributed by atoms with Crippen molar-refractivity contribution in [3.05, 3.63) is 63.3 Å². The Morgan fingerprint density at radius 3 is 3.03 bits per heavy atom. The van der Waals surface area contributed by atoms with E-state index in [2.05, 4.69) is 15.3 Å². The summed E-state index contributed by atoms with van der Waals surface area (Å²) in [6.45, 7) is 1.80. The summed E-state index contributed by atoms with van der Waals surface area (Å²) < 4.78 is 12.1. The van der Waals surface area contributed by atoms with Gasteiger partial charge in [-0.3, -0.25) is 14.0 Å². The fourth-order valence-electron chi connectivity index (χ4n) is 2.77. The Balaban J connectivity index is 1.53. The van der Waals surface area contributed by atoms with Crippen LogP contribution in [0, 0.1) is 6.92 Å². The number of phenols is 1. The number of carbonyl (C=O) groups is 1. The first-order chi connectivity index (χ1) is 14.0. The van der Waals surface area contributed by atoms with Gasteiger partial charge in [-0.15, -0.1) is 11.3 Å². The second kappa shape index (κ2) is 7.40. The number of ether oxygens (including phenoxy) is 1. The van der Waals surface area contributed by atoms with Crippen molar-refractivity contribution < 1.29 is 19.1 Å². The van der Waals surface area contributed by atoms with Crippen LogP contribution in [0.1, 0.15) is 21.8 Å². The summed E-state index contributed by atoms with van der Waals surface area (Å²) in [5, 5.41) is 14.1. The predicted molar refractivity (Wildman–Crippen MR) is 105 cm³/mol. The maximum Gasteiger partial charge on any atom is 0.271 e. The third kappa shape index (κ3) is 3.45. The van der Waals surface area contributed by atoms with Crippen molar-refractivity contribution in [2.24, 2.45) is 0 Å². The van der Waals surface area contributed by atoms with E-state index in [4.69, 9.17) is 9.15 Å². The van der Waals surface area contributed by atoms with Crippen LogP contribution >= 0.6 is 11.3 Å². The van der Waals surface area contributed by atoms with Crippen LogP contribution in [0.15, 0.2) is 45.2 Å². The number of phenolic OH excluding ortho intramolecular Hbond substituents is 1. The summed E-state index contributed by atoms with van der Waals surface area (Å²) in [5.74, 6) is 0.611. The molecule has 4 rings (SSSR count). The van der Waals surface area contributed by atoms with Crippen molar-refractivity contribution >= 4 is 22.2 Å². The summed E-state index contributed by atoms with van der Waals surface area (Å²) in [6, 6.07) is 4.73. The Bertz CT molecular complexity index is 1270. The van der Waals surface area contributed by atoms with Crippen molar-refractivity contribution in [2.75, 3.05) is 7.11 Å². The van der Waals surface area contributed by atoms with Crippen molar-refractivity contribution in [3.63, 3.8) is 0 Å². The van der Waals surface area contributed by atoms with Crippen molar-refractivity contribution in [2.45, 2.75) is 13.5 Å².